The number of fused-ring (bicyclic) bond motifs is 3. The second-order valence-electron chi connectivity index (χ2n) is 9.42. The molecule has 2 heterocycles. The van der Waals surface area contributed by atoms with Gasteiger partial charge in [0.05, 0.1) is 12.6 Å². The molecule has 0 unspecified atom stereocenters. The minimum atomic E-state index is -1.10. The fourth-order valence-corrected chi connectivity index (χ4v) is 5.28. The molecule has 32 heavy (non-hydrogen) atoms. The zero-order valence-electron chi connectivity index (χ0n) is 18.9. The van der Waals surface area contributed by atoms with E-state index in [0.29, 0.717) is 18.5 Å². The van der Waals surface area contributed by atoms with Crippen molar-refractivity contribution in [2.45, 2.75) is 50.2 Å². The van der Waals surface area contributed by atoms with E-state index in [1.807, 2.05) is 79.4 Å². The van der Waals surface area contributed by atoms with Crippen molar-refractivity contribution in [3.05, 3.63) is 77.4 Å². The molecule has 0 radical (unpaired) electrons. The van der Waals surface area contributed by atoms with Gasteiger partial charge in [-0.05, 0) is 43.5 Å². The van der Waals surface area contributed by atoms with Gasteiger partial charge in [-0.15, -0.1) is 0 Å². The summed E-state index contributed by atoms with van der Waals surface area (Å²) in [7, 11) is 3.43. The van der Waals surface area contributed by atoms with Crippen LogP contribution in [0, 0.1) is 0 Å². The second-order valence-corrected chi connectivity index (χ2v) is 9.42. The lowest BCUT2D eigenvalue weighted by atomic mass is 9.66. The third-order valence-corrected chi connectivity index (χ3v) is 6.60. The van der Waals surface area contributed by atoms with E-state index in [1.165, 1.54) is 4.90 Å². The first-order valence-electron chi connectivity index (χ1n) is 11.0. The van der Waals surface area contributed by atoms with E-state index in [1.54, 1.807) is 14.1 Å². The fourth-order valence-electron chi connectivity index (χ4n) is 5.28. The molecule has 1 spiro atoms. The first-order valence-corrected chi connectivity index (χ1v) is 11.0. The van der Waals surface area contributed by atoms with Crippen molar-refractivity contribution in [3.8, 4) is 0 Å². The molecule has 1 fully saturated rings. The van der Waals surface area contributed by atoms with Crippen molar-refractivity contribution in [2.24, 2.45) is 0 Å². The second kappa shape index (κ2) is 7.29. The van der Waals surface area contributed by atoms with E-state index in [2.05, 4.69) is 0 Å². The molecule has 0 N–H and O–H groups in total. The van der Waals surface area contributed by atoms with Crippen LogP contribution in [0.1, 0.15) is 31.4 Å². The van der Waals surface area contributed by atoms with Crippen LogP contribution in [0.2, 0.25) is 0 Å². The number of amides is 2. The number of carbonyl (C=O) groups excluding carboxylic acids is 2. The summed E-state index contributed by atoms with van der Waals surface area (Å²) in [4.78, 5) is 31.0. The van der Waals surface area contributed by atoms with Crippen LogP contribution < -0.4 is 4.90 Å². The van der Waals surface area contributed by atoms with E-state index in [4.69, 9.17) is 9.47 Å². The highest BCUT2D eigenvalue weighted by Crippen LogP contribution is 2.54. The molecular formula is C26H28N2O4. The largest absolute Gasteiger partial charge is 0.345 e. The maximum Gasteiger partial charge on any atom is 0.250 e. The van der Waals surface area contributed by atoms with E-state index in [9.17, 15) is 9.59 Å². The van der Waals surface area contributed by atoms with Gasteiger partial charge in [-0.2, -0.15) is 0 Å². The number of rotatable bonds is 3. The predicted molar refractivity (Wildman–Crippen MR) is 121 cm³/mol. The summed E-state index contributed by atoms with van der Waals surface area (Å²) in [5, 5.41) is 0. The van der Waals surface area contributed by atoms with Crippen LogP contribution in [-0.4, -0.2) is 48.8 Å². The van der Waals surface area contributed by atoms with E-state index >= 15 is 0 Å². The fraction of sp³-hybridized carbons (Fsp3) is 0.385. The van der Waals surface area contributed by atoms with Crippen LogP contribution >= 0.6 is 0 Å². The van der Waals surface area contributed by atoms with E-state index in [-0.39, 0.29) is 24.0 Å². The Bertz CT molecular complexity index is 1110. The number of nitrogens with zero attached hydrogens (tertiary/aromatic N) is 2. The van der Waals surface area contributed by atoms with Crippen molar-refractivity contribution in [3.63, 3.8) is 0 Å². The smallest absolute Gasteiger partial charge is 0.250 e. The van der Waals surface area contributed by atoms with Gasteiger partial charge in [-0.25, -0.2) is 0 Å². The molecule has 1 saturated heterocycles. The highest BCUT2D eigenvalue weighted by Gasteiger charge is 2.61. The third-order valence-electron chi connectivity index (χ3n) is 6.60. The SMILES string of the molecule is CN(C)C(=O)C1=C[C@H]2OC(C)(C)O[C@@H]2C[C@]12C(=O)N(Cc1ccccc1)c1ccccc12. The van der Waals surface area contributed by atoms with Crippen molar-refractivity contribution >= 4 is 17.5 Å². The average Bonchev–Trinajstić information content (AvgIpc) is 3.19. The molecular weight excluding hydrogens is 404 g/mol. The summed E-state index contributed by atoms with van der Waals surface area (Å²) in [5.41, 5.74) is 2.10. The number of anilines is 1. The first-order chi connectivity index (χ1) is 15.2. The minimum Gasteiger partial charge on any atom is -0.345 e. The van der Waals surface area contributed by atoms with Crippen LogP contribution in [0.4, 0.5) is 5.69 Å². The molecule has 166 valence electrons. The molecule has 3 atom stereocenters. The van der Waals surface area contributed by atoms with Crippen molar-refractivity contribution in [1.29, 1.82) is 0 Å². The first kappa shape index (κ1) is 20.9. The molecule has 0 saturated carbocycles. The average molecular weight is 433 g/mol. The Hall–Kier alpha value is -2.96. The Balaban J connectivity index is 1.66. The molecule has 2 aliphatic heterocycles. The molecule has 1 aliphatic carbocycles. The predicted octanol–water partition coefficient (Wildman–Crippen LogP) is 3.41. The van der Waals surface area contributed by atoms with Gasteiger partial charge < -0.3 is 19.3 Å². The molecule has 2 amide bonds. The lowest BCUT2D eigenvalue weighted by molar-refractivity contribution is -0.145. The third kappa shape index (κ3) is 3.09. The molecule has 6 heteroatoms. The number of likely N-dealkylation sites (N-methyl/N-ethyl adjacent to an activating group) is 1. The molecule has 6 nitrogen and oxygen atoms in total. The van der Waals surface area contributed by atoms with E-state index in [0.717, 1.165) is 16.8 Å². The lowest BCUT2D eigenvalue weighted by Gasteiger charge is -2.38. The summed E-state index contributed by atoms with van der Waals surface area (Å²) in [6, 6.07) is 17.7. The zero-order chi connectivity index (χ0) is 22.7. The standard InChI is InChI=1S/C26H28N2O4/c1-25(2)31-21-14-19(23(29)27(3)4)26(15-22(21)32-25)18-12-8-9-13-20(18)28(24(26)30)16-17-10-6-5-7-11-17/h5-14,21-22H,15-16H2,1-4H3/t21-,22-,26-/m1/s1. The van der Waals surface area contributed by atoms with Gasteiger partial charge in [0.2, 0.25) is 11.8 Å². The Morgan fingerprint density at radius 1 is 1.06 bits per heavy atom. The Morgan fingerprint density at radius 3 is 2.47 bits per heavy atom. The van der Waals surface area contributed by atoms with Gasteiger partial charge in [0, 0.05) is 25.4 Å². The number of hydrogen-bond acceptors (Lipinski definition) is 4. The summed E-state index contributed by atoms with van der Waals surface area (Å²) >= 11 is 0. The molecule has 0 aromatic heterocycles. The van der Waals surface area contributed by atoms with Gasteiger partial charge in [0.1, 0.15) is 11.5 Å². The lowest BCUT2D eigenvalue weighted by Crippen LogP contribution is -2.51. The summed E-state index contributed by atoms with van der Waals surface area (Å²) in [6.45, 7) is 4.18. The normalized spacial score (nSPS) is 27.8. The Kier molecular flexibility index (Phi) is 4.76. The van der Waals surface area contributed by atoms with Crippen molar-refractivity contribution in [2.75, 3.05) is 19.0 Å². The van der Waals surface area contributed by atoms with Crippen LogP contribution in [-0.2, 0) is 31.0 Å². The number of para-hydroxylation sites is 1. The maximum atomic E-state index is 14.2. The minimum absolute atomic E-state index is 0.0873. The summed E-state index contributed by atoms with van der Waals surface area (Å²) in [6.07, 6.45) is 1.52. The monoisotopic (exact) mass is 432 g/mol. The molecule has 0 bridgehead atoms. The molecule has 2 aromatic carbocycles. The van der Waals surface area contributed by atoms with Crippen LogP contribution in [0.3, 0.4) is 0 Å². The van der Waals surface area contributed by atoms with Crippen LogP contribution in [0.15, 0.2) is 66.2 Å². The van der Waals surface area contributed by atoms with Crippen molar-refractivity contribution in [1.82, 2.24) is 4.90 Å². The summed E-state index contributed by atoms with van der Waals surface area (Å²) in [5.74, 6) is -1.04. The number of ether oxygens (including phenoxy) is 2. The highest BCUT2D eigenvalue weighted by molar-refractivity contribution is 6.16. The quantitative estimate of drug-likeness (QED) is 0.746. The molecule has 2 aromatic rings. The van der Waals surface area contributed by atoms with Gasteiger partial charge in [0.15, 0.2) is 5.79 Å². The van der Waals surface area contributed by atoms with Gasteiger partial charge in [-0.3, -0.25) is 9.59 Å². The van der Waals surface area contributed by atoms with Gasteiger partial charge in [-0.1, -0.05) is 48.5 Å². The Labute approximate surface area is 188 Å². The number of benzene rings is 2. The number of carbonyl (C=O) groups is 2. The van der Waals surface area contributed by atoms with Crippen LogP contribution in [0.25, 0.3) is 0 Å². The summed E-state index contributed by atoms with van der Waals surface area (Å²) < 4.78 is 12.2. The topological polar surface area (TPSA) is 59.1 Å². The molecule has 3 aliphatic rings. The van der Waals surface area contributed by atoms with E-state index < -0.39 is 11.2 Å². The molecule has 5 rings (SSSR count). The highest BCUT2D eigenvalue weighted by atomic mass is 16.7. The van der Waals surface area contributed by atoms with Gasteiger partial charge >= 0.3 is 0 Å². The Morgan fingerprint density at radius 2 is 1.75 bits per heavy atom. The van der Waals surface area contributed by atoms with Gasteiger partial charge in [0.25, 0.3) is 0 Å². The van der Waals surface area contributed by atoms with Crippen LogP contribution in [0.5, 0.6) is 0 Å². The number of hydrogen-bond donors (Lipinski definition) is 0. The zero-order valence-corrected chi connectivity index (χ0v) is 18.9. The van der Waals surface area contributed by atoms with Crippen molar-refractivity contribution < 1.29 is 19.1 Å². The maximum absolute atomic E-state index is 14.2.